The van der Waals surface area contributed by atoms with E-state index in [1.807, 2.05) is 30.3 Å². The molecule has 2 heterocycles. The van der Waals surface area contributed by atoms with Crippen LogP contribution in [-0.2, 0) is 11.2 Å². The number of carbonyl (C=O) groups is 1. The molecule has 0 spiro atoms. The molecule has 2 fully saturated rings. The van der Waals surface area contributed by atoms with Crippen LogP contribution in [0.15, 0.2) is 35.4 Å². The van der Waals surface area contributed by atoms with E-state index < -0.39 is 0 Å². The Bertz CT molecular complexity index is 1030. The zero-order chi connectivity index (χ0) is 24.5. The average Bonchev–Trinajstić information content (AvgIpc) is 2.91. The van der Waals surface area contributed by atoms with Gasteiger partial charge in [-0.05, 0) is 67.8 Å². The molecule has 186 valence electrons. The van der Waals surface area contributed by atoms with Crippen molar-refractivity contribution < 1.29 is 14.3 Å². The molecule has 1 aliphatic heterocycles. The van der Waals surface area contributed by atoms with Crippen molar-refractivity contribution >= 4 is 5.91 Å². The summed E-state index contributed by atoms with van der Waals surface area (Å²) in [5.74, 6) is 0.695. The zero-order valence-corrected chi connectivity index (χ0v) is 20.4. The van der Waals surface area contributed by atoms with Crippen LogP contribution < -0.4 is 4.74 Å². The van der Waals surface area contributed by atoms with Crippen molar-refractivity contribution in [1.82, 2.24) is 15.1 Å². The summed E-state index contributed by atoms with van der Waals surface area (Å²) < 4.78 is 11.8. The van der Waals surface area contributed by atoms with E-state index >= 15 is 0 Å². The molecule has 1 aromatic carbocycles. The molecule has 1 saturated heterocycles. The molecule has 1 atom stereocenters. The van der Waals surface area contributed by atoms with Gasteiger partial charge in [0.05, 0.1) is 31.1 Å². The highest BCUT2D eigenvalue weighted by atomic mass is 16.5. The van der Waals surface area contributed by atoms with Crippen LogP contribution in [0.1, 0.15) is 68.1 Å². The maximum absolute atomic E-state index is 13.2. The number of amides is 1. The second-order valence-electron chi connectivity index (χ2n) is 9.25. The number of rotatable bonds is 9. The van der Waals surface area contributed by atoms with Gasteiger partial charge in [0.25, 0.3) is 5.91 Å². The Morgan fingerprint density at radius 3 is 2.77 bits per heavy atom. The largest absolute Gasteiger partial charge is 0.490 e. The van der Waals surface area contributed by atoms with Crippen molar-refractivity contribution in [2.45, 2.75) is 70.5 Å². The lowest BCUT2D eigenvalue weighted by Gasteiger charge is -2.32. The number of carbonyl (C=O) groups excluding carboxylic acids is 1. The highest BCUT2D eigenvalue weighted by molar-refractivity contribution is 5.93. The summed E-state index contributed by atoms with van der Waals surface area (Å²) >= 11 is 0. The summed E-state index contributed by atoms with van der Waals surface area (Å²) in [4.78, 5) is 17.7. The number of nitrogens with zero attached hydrogens (tertiary/aromatic N) is 6. The van der Waals surface area contributed by atoms with Crippen LogP contribution in [0.25, 0.3) is 21.6 Å². The minimum absolute atomic E-state index is 0.188. The van der Waals surface area contributed by atoms with Gasteiger partial charge in [0, 0.05) is 23.6 Å². The minimum Gasteiger partial charge on any atom is -0.490 e. The van der Waals surface area contributed by atoms with Crippen molar-refractivity contribution in [2.24, 2.45) is 5.11 Å². The normalized spacial score (nSPS) is 18.7. The average molecular weight is 479 g/mol. The SMILES string of the molecule is CCCCc1nnc(C(=O)N2CCOC(CN=[N+]=[N-])C2)cc1-c1ccc(OC2CCCCC2)cc1. The van der Waals surface area contributed by atoms with Gasteiger partial charge in [-0.2, -0.15) is 5.10 Å². The summed E-state index contributed by atoms with van der Waals surface area (Å²) in [6.07, 6.45) is 8.86. The highest BCUT2D eigenvalue weighted by Crippen LogP contribution is 2.29. The summed E-state index contributed by atoms with van der Waals surface area (Å²) in [7, 11) is 0. The number of hydrogen-bond donors (Lipinski definition) is 0. The minimum atomic E-state index is -0.309. The molecule has 1 aromatic heterocycles. The molecule has 2 aromatic rings. The lowest BCUT2D eigenvalue weighted by atomic mass is 9.97. The molecular weight excluding hydrogens is 444 g/mol. The van der Waals surface area contributed by atoms with Crippen LogP contribution in [-0.4, -0.2) is 59.5 Å². The summed E-state index contributed by atoms with van der Waals surface area (Å²) in [5.41, 5.74) is 11.7. The van der Waals surface area contributed by atoms with Gasteiger partial charge in [0.1, 0.15) is 5.75 Å². The standard InChI is InChI=1S/C26H34N6O3/c1-2-3-9-24-23(19-10-12-21(13-11-19)35-20-7-5-4-6-8-20)16-25(30-29-24)26(33)32-14-15-34-22(18-32)17-28-31-27/h10-13,16,20,22H,2-9,14-15,17-18H2,1H3. The van der Waals surface area contributed by atoms with Crippen LogP contribution >= 0.6 is 0 Å². The topological polar surface area (TPSA) is 113 Å². The van der Waals surface area contributed by atoms with Gasteiger partial charge in [0.2, 0.25) is 0 Å². The Morgan fingerprint density at radius 2 is 2.03 bits per heavy atom. The molecule has 1 aliphatic carbocycles. The smallest absolute Gasteiger partial charge is 0.274 e. The van der Waals surface area contributed by atoms with Crippen LogP contribution in [0.5, 0.6) is 5.75 Å². The molecule has 1 unspecified atom stereocenters. The van der Waals surface area contributed by atoms with Gasteiger partial charge < -0.3 is 14.4 Å². The first-order valence-corrected chi connectivity index (χ1v) is 12.7. The van der Waals surface area contributed by atoms with E-state index in [0.717, 1.165) is 54.7 Å². The number of aromatic nitrogens is 2. The van der Waals surface area contributed by atoms with Gasteiger partial charge in [-0.15, -0.1) is 5.10 Å². The first-order chi connectivity index (χ1) is 17.2. The summed E-state index contributed by atoms with van der Waals surface area (Å²) in [6.45, 7) is 3.57. The molecule has 9 heteroatoms. The Balaban J connectivity index is 1.53. The molecular formula is C26H34N6O3. The molecule has 0 radical (unpaired) electrons. The van der Waals surface area contributed by atoms with Gasteiger partial charge in [0.15, 0.2) is 5.69 Å². The number of unbranched alkanes of at least 4 members (excludes halogenated alkanes) is 1. The van der Waals surface area contributed by atoms with Crippen LogP contribution in [0.2, 0.25) is 0 Å². The van der Waals surface area contributed by atoms with Crippen molar-refractivity contribution in [3.63, 3.8) is 0 Å². The highest BCUT2D eigenvalue weighted by Gasteiger charge is 2.26. The van der Waals surface area contributed by atoms with Crippen LogP contribution in [0, 0.1) is 0 Å². The first kappa shape index (κ1) is 24.9. The molecule has 0 N–H and O–H groups in total. The Kier molecular flexibility index (Phi) is 8.92. The van der Waals surface area contributed by atoms with Crippen molar-refractivity contribution in [2.75, 3.05) is 26.2 Å². The predicted octanol–water partition coefficient (Wildman–Crippen LogP) is 5.35. The van der Waals surface area contributed by atoms with E-state index in [-0.39, 0.29) is 18.6 Å². The van der Waals surface area contributed by atoms with Gasteiger partial charge in [-0.3, -0.25) is 4.79 Å². The van der Waals surface area contributed by atoms with Crippen molar-refractivity contribution in [1.29, 1.82) is 0 Å². The van der Waals surface area contributed by atoms with Crippen LogP contribution in [0.3, 0.4) is 0 Å². The van der Waals surface area contributed by atoms with Crippen molar-refractivity contribution in [3.8, 4) is 16.9 Å². The maximum Gasteiger partial charge on any atom is 0.274 e. The second-order valence-corrected chi connectivity index (χ2v) is 9.25. The van der Waals surface area contributed by atoms with Crippen LogP contribution in [0.4, 0.5) is 0 Å². The zero-order valence-electron chi connectivity index (χ0n) is 20.4. The summed E-state index contributed by atoms with van der Waals surface area (Å²) in [6, 6.07) is 9.97. The van der Waals surface area contributed by atoms with E-state index in [1.165, 1.54) is 19.3 Å². The third-order valence-electron chi connectivity index (χ3n) is 6.65. The fraction of sp³-hybridized carbons (Fsp3) is 0.577. The maximum atomic E-state index is 13.2. The molecule has 0 bridgehead atoms. The Hall–Kier alpha value is -3.16. The van der Waals surface area contributed by atoms with Gasteiger partial charge >= 0.3 is 0 Å². The molecule has 4 rings (SSSR count). The molecule has 9 nitrogen and oxygen atoms in total. The number of azide groups is 1. The quantitative estimate of drug-likeness (QED) is 0.274. The number of benzene rings is 1. The molecule has 1 amide bonds. The van der Waals surface area contributed by atoms with E-state index in [0.29, 0.717) is 31.5 Å². The van der Waals surface area contributed by atoms with E-state index in [4.69, 9.17) is 15.0 Å². The lowest BCUT2D eigenvalue weighted by molar-refractivity contribution is -0.0169. The lowest BCUT2D eigenvalue weighted by Crippen LogP contribution is -2.46. The van der Waals surface area contributed by atoms with E-state index in [2.05, 4.69) is 27.1 Å². The Morgan fingerprint density at radius 1 is 1.23 bits per heavy atom. The number of hydrogen-bond acceptors (Lipinski definition) is 6. The first-order valence-electron chi connectivity index (χ1n) is 12.7. The van der Waals surface area contributed by atoms with Gasteiger partial charge in [-0.25, -0.2) is 0 Å². The third kappa shape index (κ3) is 6.71. The molecule has 1 saturated carbocycles. The van der Waals surface area contributed by atoms with Gasteiger partial charge in [-0.1, -0.05) is 37.0 Å². The monoisotopic (exact) mass is 478 g/mol. The molecule has 35 heavy (non-hydrogen) atoms. The van der Waals surface area contributed by atoms with E-state index in [1.54, 1.807) is 4.90 Å². The summed E-state index contributed by atoms with van der Waals surface area (Å²) in [5, 5.41) is 12.3. The second kappa shape index (κ2) is 12.5. The predicted molar refractivity (Wildman–Crippen MR) is 133 cm³/mol. The fourth-order valence-corrected chi connectivity index (χ4v) is 4.69. The number of morpholine rings is 1. The number of ether oxygens (including phenoxy) is 2. The fourth-order valence-electron chi connectivity index (χ4n) is 4.69. The van der Waals surface area contributed by atoms with E-state index in [9.17, 15) is 4.79 Å². The number of aryl methyl sites for hydroxylation is 1. The third-order valence-corrected chi connectivity index (χ3v) is 6.65. The molecule has 2 aliphatic rings. The Labute approximate surface area is 206 Å². The van der Waals surface area contributed by atoms with Crippen molar-refractivity contribution in [3.05, 3.63) is 52.2 Å².